The van der Waals surface area contributed by atoms with Gasteiger partial charge in [0.1, 0.15) is 11.8 Å². The van der Waals surface area contributed by atoms with Gasteiger partial charge in [-0.2, -0.15) is 5.26 Å². The Bertz CT molecular complexity index is 718. The van der Waals surface area contributed by atoms with Crippen LogP contribution in [0.15, 0.2) is 36.4 Å². The molecule has 1 aliphatic heterocycles. The number of hydrogen-bond acceptors (Lipinski definition) is 4. The van der Waals surface area contributed by atoms with E-state index in [1.807, 2.05) is 24.3 Å². The minimum Gasteiger partial charge on any atom is -0.495 e. The first kappa shape index (κ1) is 13.3. The maximum atomic E-state index is 9.03. The number of nitrogen functional groups attached to an aromatic ring is 1. The molecule has 0 saturated heterocycles. The molecule has 21 heavy (non-hydrogen) atoms. The number of anilines is 2. The number of nitrogens with two attached hydrogens (primary N) is 1. The van der Waals surface area contributed by atoms with Gasteiger partial charge in [-0.3, -0.25) is 0 Å². The van der Waals surface area contributed by atoms with E-state index >= 15 is 0 Å². The smallest absolute Gasteiger partial charge is 0.136 e. The molecular weight excluding hydrogens is 262 g/mol. The zero-order valence-corrected chi connectivity index (χ0v) is 12.0. The number of para-hydroxylation sites is 1. The third kappa shape index (κ3) is 2.38. The molecule has 0 spiro atoms. The molecule has 106 valence electrons. The standard InChI is InChI=1S/C17H17N3O/c1-21-16-9-12(5-6-14(16)10-18)11-20-8-7-13-3-2-4-15(19)17(13)20/h2-6,9H,7-8,11,19H2,1H3. The number of hydrogen-bond donors (Lipinski definition) is 1. The molecule has 2 aromatic carbocycles. The molecule has 1 heterocycles. The lowest BCUT2D eigenvalue weighted by Gasteiger charge is -2.21. The van der Waals surface area contributed by atoms with Gasteiger partial charge >= 0.3 is 0 Å². The second-order valence-corrected chi connectivity index (χ2v) is 5.17. The molecule has 0 atom stereocenters. The molecule has 1 aliphatic rings. The van der Waals surface area contributed by atoms with E-state index in [9.17, 15) is 0 Å². The fourth-order valence-corrected chi connectivity index (χ4v) is 2.87. The summed E-state index contributed by atoms with van der Waals surface area (Å²) in [6, 6.07) is 13.9. The Balaban J connectivity index is 1.88. The van der Waals surface area contributed by atoms with Crippen LogP contribution >= 0.6 is 0 Å². The normalized spacial score (nSPS) is 12.9. The lowest BCUT2D eigenvalue weighted by Crippen LogP contribution is -2.20. The fourth-order valence-electron chi connectivity index (χ4n) is 2.87. The number of methoxy groups -OCH3 is 1. The van der Waals surface area contributed by atoms with Crippen LogP contribution in [-0.2, 0) is 13.0 Å². The Labute approximate surface area is 124 Å². The molecule has 3 rings (SSSR count). The highest BCUT2D eigenvalue weighted by molar-refractivity contribution is 5.74. The molecule has 0 bridgehead atoms. The highest BCUT2D eigenvalue weighted by Crippen LogP contribution is 2.35. The highest BCUT2D eigenvalue weighted by Gasteiger charge is 2.21. The van der Waals surface area contributed by atoms with E-state index < -0.39 is 0 Å². The summed E-state index contributed by atoms with van der Waals surface area (Å²) in [4.78, 5) is 2.28. The molecule has 0 aliphatic carbocycles. The van der Waals surface area contributed by atoms with Crippen LogP contribution in [0.5, 0.6) is 5.75 Å². The second kappa shape index (κ2) is 5.37. The summed E-state index contributed by atoms with van der Waals surface area (Å²) in [7, 11) is 1.59. The number of nitrogens with zero attached hydrogens (tertiary/aromatic N) is 2. The molecule has 0 aromatic heterocycles. The van der Waals surface area contributed by atoms with Crippen molar-refractivity contribution in [3.8, 4) is 11.8 Å². The van der Waals surface area contributed by atoms with Crippen molar-refractivity contribution in [2.24, 2.45) is 0 Å². The summed E-state index contributed by atoms with van der Waals surface area (Å²) >= 11 is 0. The molecule has 2 aromatic rings. The molecule has 4 nitrogen and oxygen atoms in total. The van der Waals surface area contributed by atoms with Gasteiger partial charge in [0.05, 0.1) is 24.0 Å². The predicted octanol–water partition coefficient (Wildman–Crippen LogP) is 2.71. The monoisotopic (exact) mass is 279 g/mol. The zero-order valence-electron chi connectivity index (χ0n) is 12.0. The van der Waals surface area contributed by atoms with Crippen LogP contribution in [0.3, 0.4) is 0 Å². The number of nitriles is 1. The van der Waals surface area contributed by atoms with Crippen molar-refractivity contribution >= 4 is 11.4 Å². The van der Waals surface area contributed by atoms with Gasteiger partial charge in [-0.1, -0.05) is 18.2 Å². The van der Waals surface area contributed by atoms with Crippen LogP contribution in [-0.4, -0.2) is 13.7 Å². The summed E-state index contributed by atoms with van der Waals surface area (Å²) in [5, 5.41) is 9.03. The van der Waals surface area contributed by atoms with Gasteiger partial charge in [-0.15, -0.1) is 0 Å². The summed E-state index contributed by atoms with van der Waals surface area (Å²) in [6.45, 7) is 1.73. The fraction of sp³-hybridized carbons (Fsp3) is 0.235. The molecule has 0 fully saturated rings. The Morgan fingerprint density at radius 2 is 2.19 bits per heavy atom. The van der Waals surface area contributed by atoms with E-state index in [1.54, 1.807) is 13.2 Å². The van der Waals surface area contributed by atoms with Crippen molar-refractivity contribution in [2.45, 2.75) is 13.0 Å². The van der Waals surface area contributed by atoms with Crippen molar-refractivity contribution in [3.63, 3.8) is 0 Å². The SMILES string of the molecule is COc1cc(CN2CCc3cccc(N)c32)ccc1C#N. The first-order chi connectivity index (χ1) is 10.2. The van der Waals surface area contributed by atoms with Crippen molar-refractivity contribution in [1.82, 2.24) is 0 Å². The molecule has 0 radical (unpaired) electrons. The van der Waals surface area contributed by atoms with Gasteiger partial charge < -0.3 is 15.4 Å². The first-order valence-corrected chi connectivity index (χ1v) is 6.92. The van der Waals surface area contributed by atoms with Crippen molar-refractivity contribution in [1.29, 1.82) is 5.26 Å². The maximum absolute atomic E-state index is 9.03. The topological polar surface area (TPSA) is 62.3 Å². The average molecular weight is 279 g/mol. The van der Waals surface area contributed by atoms with E-state index in [2.05, 4.69) is 17.0 Å². The van der Waals surface area contributed by atoms with Gasteiger partial charge in [0.25, 0.3) is 0 Å². The van der Waals surface area contributed by atoms with Crippen LogP contribution < -0.4 is 15.4 Å². The number of benzene rings is 2. The van der Waals surface area contributed by atoms with E-state index in [-0.39, 0.29) is 0 Å². The van der Waals surface area contributed by atoms with Gasteiger partial charge in [-0.25, -0.2) is 0 Å². The minimum absolute atomic E-state index is 0.558. The van der Waals surface area contributed by atoms with Crippen LogP contribution in [0.1, 0.15) is 16.7 Å². The second-order valence-electron chi connectivity index (χ2n) is 5.17. The van der Waals surface area contributed by atoms with Gasteiger partial charge in [0, 0.05) is 13.1 Å². The first-order valence-electron chi connectivity index (χ1n) is 6.92. The Morgan fingerprint density at radius 1 is 1.33 bits per heavy atom. The lowest BCUT2D eigenvalue weighted by molar-refractivity contribution is 0.413. The maximum Gasteiger partial charge on any atom is 0.136 e. The van der Waals surface area contributed by atoms with Crippen molar-refractivity contribution in [2.75, 3.05) is 24.3 Å². The van der Waals surface area contributed by atoms with E-state index in [0.717, 1.165) is 36.4 Å². The average Bonchev–Trinajstić information content (AvgIpc) is 2.91. The Kier molecular flexibility index (Phi) is 3.41. The van der Waals surface area contributed by atoms with E-state index in [4.69, 9.17) is 15.7 Å². The van der Waals surface area contributed by atoms with E-state index in [0.29, 0.717) is 11.3 Å². The van der Waals surface area contributed by atoms with Crippen LogP contribution in [0, 0.1) is 11.3 Å². The molecule has 0 unspecified atom stereocenters. The molecular formula is C17H17N3O. The van der Waals surface area contributed by atoms with E-state index in [1.165, 1.54) is 5.56 Å². The lowest BCUT2D eigenvalue weighted by atomic mass is 10.1. The summed E-state index contributed by atoms with van der Waals surface area (Å²) in [5.74, 6) is 0.621. The summed E-state index contributed by atoms with van der Waals surface area (Å²) in [5.41, 5.74) is 11.0. The predicted molar refractivity (Wildman–Crippen MR) is 83.3 cm³/mol. The molecule has 0 saturated carbocycles. The summed E-state index contributed by atoms with van der Waals surface area (Å²) < 4.78 is 5.27. The van der Waals surface area contributed by atoms with Crippen LogP contribution in [0.4, 0.5) is 11.4 Å². The molecule has 2 N–H and O–H groups in total. The van der Waals surface area contributed by atoms with Gasteiger partial charge in [-0.05, 0) is 35.7 Å². The quantitative estimate of drug-likeness (QED) is 0.877. The molecule has 0 amide bonds. The minimum atomic E-state index is 0.558. The number of fused-ring (bicyclic) bond motifs is 1. The third-order valence-corrected chi connectivity index (χ3v) is 3.88. The highest BCUT2D eigenvalue weighted by atomic mass is 16.5. The van der Waals surface area contributed by atoms with Crippen LogP contribution in [0.2, 0.25) is 0 Å². The zero-order chi connectivity index (χ0) is 14.8. The third-order valence-electron chi connectivity index (χ3n) is 3.88. The largest absolute Gasteiger partial charge is 0.495 e. The Hall–Kier alpha value is -2.67. The van der Waals surface area contributed by atoms with Crippen LogP contribution in [0.25, 0.3) is 0 Å². The van der Waals surface area contributed by atoms with Crippen molar-refractivity contribution in [3.05, 3.63) is 53.1 Å². The van der Waals surface area contributed by atoms with Gasteiger partial charge in [0.2, 0.25) is 0 Å². The number of ether oxygens (including phenoxy) is 1. The number of rotatable bonds is 3. The Morgan fingerprint density at radius 3 is 2.95 bits per heavy atom. The molecule has 4 heteroatoms. The summed E-state index contributed by atoms with van der Waals surface area (Å²) in [6.07, 6.45) is 1.02. The van der Waals surface area contributed by atoms with Crippen molar-refractivity contribution < 1.29 is 4.74 Å². The van der Waals surface area contributed by atoms with Gasteiger partial charge in [0.15, 0.2) is 0 Å².